The zero-order valence-corrected chi connectivity index (χ0v) is 14.6. The molecule has 1 aliphatic heterocycles. The average Bonchev–Trinajstić information content (AvgIpc) is 3.16. The molecule has 1 saturated heterocycles. The molecular formula is C19H21FN6. The highest BCUT2D eigenvalue weighted by molar-refractivity contribution is 5.59. The molecule has 0 aromatic carbocycles. The summed E-state index contributed by atoms with van der Waals surface area (Å²) >= 11 is 0. The molecule has 1 fully saturated rings. The van der Waals surface area contributed by atoms with Crippen LogP contribution in [-0.4, -0.2) is 28.0 Å². The molecule has 3 rings (SSSR count). The molecule has 4 N–H and O–H groups in total. The van der Waals surface area contributed by atoms with Crippen molar-refractivity contribution in [3.05, 3.63) is 53.6 Å². The van der Waals surface area contributed by atoms with Gasteiger partial charge in [0.25, 0.3) is 0 Å². The van der Waals surface area contributed by atoms with Gasteiger partial charge in [-0.25, -0.2) is 19.3 Å². The number of nitrogens with two attached hydrogens (primary N) is 2. The molecule has 26 heavy (non-hydrogen) atoms. The molecule has 1 aliphatic rings. The first kappa shape index (κ1) is 17.8. The second-order valence-corrected chi connectivity index (χ2v) is 6.04. The molecule has 0 saturated carbocycles. The number of pyridine rings is 1. The third kappa shape index (κ3) is 3.65. The van der Waals surface area contributed by atoms with Crippen LogP contribution in [0.2, 0.25) is 0 Å². The lowest BCUT2D eigenvalue weighted by Crippen LogP contribution is -2.25. The van der Waals surface area contributed by atoms with E-state index in [0.29, 0.717) is 11.5 Å². The summed E-state index contributed by atoms with van der Waals surface area (Å²) in [4.78, 5) is 15.2. The van der Waals surface area contributed by atoms with Crippen molar-refractivity contribution >= 4 is 11.4 Å². The summed E-state index contributed by atoms with van der Waals surface area (Å²) in [7, 11) is 0. The summed E-state index contributed by atoms with van der Waals surface area (Å²) in [6, 6.07) is 3.30. The molecule has 0 aliphatic carbocycles. The van der Waals surface area contributed by atoms with Gasteiger partial charge in [0.15, 0.2) is 5.82 Å². The third-order valence-corrected chi connectivity index (χ3v) is 4.34. The Balaban J connectivity index is 2.01. The predicted octanol–water partition coefficient (Wildman–Crippen LogP) is 1.98. The molecule has 0 bridgehead atoms. The van der Waals surface area contributed by atoms with Crippen molar-refractivity contribution in [2.45, 2.75) is 25.8 Å². The fourth-order valence-corrected chi connectivity index (χ4v) is 3.09. The van der Waals surface area contributed by atoms with Gasteiger partial charge < -0.3 is 16.4 Å². The number of aromatic nitrogens is 3. The monoisotopic (exact) mass is 352 g/mol. The summed E-state index contributed by atoms with van der Waals surface area (Å²) < 4.78 is 13.9. The minimum Gasteiger partial charge on any atom is -0.404 e. The highest BCUT2D eigenvalue weighted by Gasteiger charge is 2.29. The van der Waals surface area contributed by atoms with E-state index in [4.69, 9.17) is 11.5 Å². The van der Waals surface area contributed by atoms with E-state index >= 15 is 0 Å². The Hall–Kier alpha value is -2.98. The molecule has 0 amide bonds. The summed E-state index contributed by atoms with van der Waals surface area (Å²) in [6.07, 6.45) is 6.21. The maximum absolute atomic E-state index is 13.9. The molecular weight excluding hydrogens is 331 g/mol. The van der Waals surface area contributed by atoms with Crippen molar-refractivity contribution in [2.75, 3.05) is 18.0 Å². The van der Waals surface area contributed by atoms with Gasteiger partial charge in [-0.2, -0.15) is 0 Å². The van der Waals surface area contributed by atoms with Gasteiger partial charge in [-0.3, -0.25) is 0 Å². The van der Waals surface area contributed by atoms with Gasteiger partial charge in [0, 0.05) is 30.1 Å². The van der Waals surface area contributed by atoms with Crippen LogP contribution in [0.5, 0.6) is 0 Å². The topological polar surface area (TPSA) is 94.0 Å². The van der Waals surface area contributed by atoms with Gasteiger partial charge in [-0.15, -0.1) is 0 Å². The second kappa shape index (κ2) is 7.93. The first-order chi connectivity index (χ1) is 12.6. The van der Waals surface area contributed by atoms with Crippen molar-refractivity contribution < 1.29 is 4.39 Å². The minimum atomic E-state index is -0.379. The highest BCUT2D eigenvalue weighted by Crippen LogP contribution is 2.36. The van der Waals surface area contributed by atoms with Crippen molar-refractivity contribution in [3.63, 3.8) is 0 Å². The molecule has 7 heteroatoms. The number of nitrogens with zero attached hydrogens (tertiary/aromatic N) is 4. The summed E-state index contributed by atoms with van der Waals surface area (Å²) in [6.45, 7) is 2.90. The Bertz CT molecular complexity index is 883. The van der Waals surface area contributed by atoms with Gasteiger partial charge in [-0.05, 0) is 37.8 Å². The molecule has 0 spiro atoms. The summed E-state index contributed by atoms with van der Waals surface area (Å²) in [5, 5.41) is 0. The molecule has 3 heterocycles. The van der Waals surface area contributed by atoms with Crippen molar-refractivity contribution in [2.24, 2.45) is 11.5 Å². The maximum Gasteiger partial charge on any atom is 0.158 e. The quantitative estimate of drug-likeness (QED) is 0.821. The lowest BCUT2D eigenvalue weighted by molar-refractivity contribution is 0.609. The van der Waals surface area contributed by atoms with Crippen molar-refractivity contribution in [1.82, 2.24) is 15.0 Å². The Morgan fingerprint density at radius 2 is 2.31 bits per heavy atom. The standard InChI is InChI=1S/C19H21FN6/c1-13(11-22)19-23-8-6-18(25-19)26-9-3-5-17(26)15-10-14(20)12-24-16(15)4-2-7-21/h6,8,10-12,17H,3,5,7,9,21-22H2,1H3. The van der Waals surface area contributed by atoms with Crippen LogP contribution in [0.3, 0.4) is 0 Å². The van der Waals surface area contributed by atoms with Crippen LogP contribution in [0.4, 0.5) is 10.2 Å². The number of allylic oxidation sites excluding steroid dienone is 1. The second-order valence-electron chi connectivity index (χ2n) is 6.04. The lowest BCUT2D eigenvalue weighted by atomic mass is 10.0. The summed E-state index contributed by atoms with van der Waals surface area (Å²) in [5.41, 5.74) is 13.2. The van der Waals surface area contributed by atoms with E-state index in [-0.39, 0.29) is 18.4 Å². The van der Waals surface area contributed by atoms with E-state index in [0.717, 1.165) is 36.3 Å². The molecule has 0 radical (unpaired) electrons. The van der Waals surface area contributed by atoms with Crippen LogP contribution in [0.1, 0.15) is 42.9 Å². The van der Waals surface area contributed by atoms with Crippen LogP contribution in [0, 0.1) is 17.7 Å². The smallest absolute Gasteiger partial charge is 0.158 e. The number of hydrogen-bond donors (Lipinski definition) is 2. The van der Waals surface area contributed by atoms with Crippen LogP contribution in [0.15, 0.2) is 30.7 Å². The fourth-order valence-electron chi connectivity index (χ4n) is 3.09. The number of hydrogen-bond acceptors (Lipinski definition) is 6. The van der Waals surface area contributed by atoms with E-state index < -0.39 is 0 Å². The number of halogens is 1. The lowest BCUT2D eigenvalue weighted by Gasteiger charge is -2.26. The van der Waals surface area contributed by atoms with E-state index in [1.54, 1.807) is 6.20 Å². The van der Waals surface area contributed by atoms with Gasteiger partial charge >= 0.3 is 0 Å². The molecule has 1 atom stereocenters. The number of rotatable bonds is 3. The van der Waals surface area contributed by atoms with E-state index in [1.807, 2.05) is 13.0 Å². The van der Waals surface area contributed by atoms with Gasteiger partial charge in [-0.1, -0.05) is 5.92 Å². The maximum atomic E-state index is 13.9. The van der Waals surface area contributed by atoms with Crippen LogP contribution < -0.4 is 16.4 Å². The van der Waals surface area contributed by atoms with Crippen molar-refractivity contribution in [3.8, 4) is 11.8 Å². The van der Waals surface area contributed by atoms with E-state index in [9.17, 15) is 4.39 Å². The third-order valence-electron chi connectivity index (χ3n) is 4.34. The largest absolute Gasteiger partial charge is 0.404 e. The summed E-state index contributed by atoms with van der Waals surface area (Å²) in [5.74, 6) is 6.73. The Labute approximate surface area is 152 Å². The minimum absolute atomic E-state index is 0.0508. The molecule has 134 valence electrons. The normalized spacial score (nSPS) is 17.1. The zero-order chi connectivity index (χ0) is 18.5. The van der Waals surface area contributed by atoms with E-state index in [1.165, 1.54) is 18.5 Å². The van der Waals surface area contributed by atoms with Crippen LogP contribution in [0.25, 0.3) is 5.57 Å². The predicted molar refractivity (Wildman–Crippen MR) is 99.3 cm³/mol. The Morgan fingerprint density at radius 1 is 1.46 bits per heavy atom. The average molecular weight is 352 g/mol. The van der Waals surface area contributed by atoms with Gasteiger partial charge in [0.05, 0.1) is 18.8 Å². The zero-order valence-electron chi connectivity index (χ0n) is 14.6. The first-order valence-electron chi connectivity index (χ1n) is 8.47. The fraction of sp³-hybridized carbons (Fsp3) is 0.316. The van der Waals surface area contributed by atoms with Crippen LogP contribution >= 0.6 is 0 Å². The van der Waals surface area contributed by atoms with Crippen LogP contribution in [-0.2, 0) is 0 Å². The molecule has 2 aromatic heterocycles. The highest BCUT2D eigenvalue weighted by atomic mass is 19.1. The van der Waals surface area contributed by atoms with Crippen molar-refractivity contribution in [1.29, 1.82) is 0 Å². The van der Waals surface area contributed by atoms with Gasteiger partial charge in [0.2, 0.25) is 0 Å². The molecule has 1 unspecified atom stereocenters. The molecule has 6 nitrogen and oxygen atoms in total. The Morgan fingerprint density at radius 3 is 3.08 bits per heavy atom. The van der Waals surface area contributed by atoms with Gasteiger partial charge in [0.1, 0.15) is 17.3 Å². The first-order valence-corrected chi connectivity index (χ1v) is 8.47. The SMILES string of the molecule is CC(=CN)c1nccc(N2CCCC2c2cc(F)cnc2C#CCN)n1. The molecule has 2 aromatic rings. The number of anilines is 1. The van der Waals surface area contributed by atoms with E-state index in [2.05, 4.69) is 31.7 Å². The Kier molecular flexibility index (Phi) is 5.44.